The molecule has 1 heterocycles. The summed E-state index contributed by atoms with van der Waals surface area (Å²) in [6.45, 7) is 5.31. The highest BCUT2D eigenvalue weighted by Crippen LogP contribution is 2.28. The Kier molecular flexibility index (Phi) is 8.49. The summed E-state index contributed by atoms with van der Waals surface area (Å²) >= 11 is 0. The second-order valence-electron chi connectivity index (χ2n) is 9.51. The summed E-state index contributed by atoms with van der Waals surface area (Å²) in [4.78, 5) is 26.8. The molecule has 7 nitrogen and oxygen atoms in total. The Hall–Kier alpha value is -2.71. The second kappa shape index (κ2) is 11.1. The van der Waals surface area contributed by atoms with Crippen LogP contribution >= 0.6 is 0 Å². The number of carboxylic acid groups (broad SMARTS) is 1. The van der Waals surface area contributed by atoms with Crippen molar-refractivity contribution in [1.82, 2.24) is 10.2 Å². The first kappa shape index (κ1) is 25.9. The zero-order valence-corrected chi connectivity index (χ0v) is 20.6. The third-order valence-electron chi connectivity index (χ3n) is 6.61. The first-order chi connectivity index (χ1) is 16.1. The lowest BCUT2D eigenvalue weighted by Gasteiger charge is -2.34. The van der Waals surface area contributed by atoms with Crippen LogP contribution in [0.1, 0.15) is 50.2 Å². The Bertz CT molecular complexity index is 1060. The van der Waals surface area contributed by atoms with E-state index < -0.39 is 38.1 Å². The van der Waals surface area contributed by atoms with Crippen LogP contribution in [0.5, 0.6) is 0 Å². The van der Waals surface area contributed by atoms with Crippen LogP contribution in [0.25, 0.3) is 0 Å². The Morgan fingerprint density at radius 1 is 1.03 bits per heavy atom. The van der Waals surface area contributed by atoms with Crippen molar-refractivity contribution in [1.29, 1.82) is 0 Å². The Morgan fingerprint density at radius 3 is 2.15 bits per heavy atom. The molecule has 0 aromatic heterocycles. The van der Waals surface area contributed by atoms with Gasteiger partial charge in [-0.15, -0.1) is 0 Å². The number of aliphatic carboxylic acids is 1. The van der Waals surface area contributed by atoms with Crippen LogP contribution in [0.3, 0.4) is 0 Å². The van der Waals surface area contributed by atoms with Crippen molar-refractivity contribution in [2.45, 2.75) is 56.4 Å². The average molecular weight is 487 g/mol. The van der Waals surface area contributed by atoms with Crippen molar-refractivity contribution >= 4 is 21.7 Å². The van der Waals surface area contributed by atoms with Crippen LogP contribution in [0, 0.1) is 0 Å². The molecule has 184 valence electrons. The number of carbonyl (C=O) groups excluding carboxylic acids is 1. The van der Waals surface area contributed by atoms with Gasteiger partial charge in [0, 0.05) is 31.6 Å². The van der Waals surface area contributed by atoms with Crippen LogP contribution < -0.4 is 5.32 Å². The molecule has 0 spiro atoms. The molecule has 1 fully saturated rings. The molecule has 1 unspecified atom stereocenters. The maximum absolute atomic E-state index is 13.3. The molecule has 2 N–H and O–H groups in total. The number of hydrogen-bond donors (Lipinski definition) is 2. The van der Waals surface area contributed by atoms with Crippen LogP contribution in [0.4, 0.5) is 0 Å². The van der Waals surface area contributed by atoms with Gasteiger partial charge in [-0.3, -0.25) is 14.5 Å². The average Bonchev–Trinajstić information content (AvgIpc) is 2.80. The van der Waals surface area contributed by atoms with E-state index in [2.05, 4.69) is 22.3 Å². The summed E-state index contributed by atoms with van der Waals surface area (Å²) in [5.41, 5.74) is 1.88. The van der Waals surface area contributed by atoms with Crippen molar-refractivity contribution < 1.29 is 23.1 Å². The highest BCUT2D eigenvalue weighted by atomic mass is 32.2. The van der Waals surface area contributed by atoms with Gasteiger partial charge in [0.25, 0.3) is 0 Å². The topological polar surface area (TPSA) is 104 Å². The predicted octanol–water partition coefficient (Wildman–Crippen LogP) is 3.22. The minimum atomic E-state index is -3.94. The molecule has 2 aromatic carbocycles. The number of amides is 1. The maximum Gasteiger partial charge on any atom is 0.303 e. The fourth-order valence-corrected chi connectivity index (χ4v) is 5.86. The number of nitrogens with one attached hydrogen (secondary N) is 1. The molecule has 1 saturated heterocycles. The SMILES string of the molecule is CC(C)(C(=O)NC1CCN(Cc2ccccc2)CC1)S(=O)(=O)CC(CC(=O)O)c1ccccc1. The lowest BCUT2D eigenvalue weighted by atomic mass is 9.98. The first-order valence-corrected chi connectivity index (χ1v) is 13.3. The van der Waals surface area contributed by atoms with Gasteiger partial charge in [-0.25, -0.2) is 8.42 Å². The van der Waals surface area contributed by atoms with Gasteiger partial charge in [0.05, 0.1) is 12.2 Å². The molecule has 3 rings (SSSR count). The van der Waals surface area contributed by atoms with Gasteiger partial charge < -0.3 is 10.4 Å². The van der Waals surface area contributed by atoms with Crippen molar-refractivity contribution in [3.63, 3.8) is 0 Å². The fourth-order valence-electron chi connectivity index (χ4n) is 4.26. The van der Waals surface area contributed by atoms with Gasteiger partial charge in [0.15, 0.2) is 9.84 Å². The molecule has 0 radical (unpaired) electrons. The van der Waals surface area contributed by atoms with Gasteiger partial charge in [0.1, 0.15) is 4.75 Å². The lowest BCUT2D eigenvalue weighted by molar-refractivity contribution is -0.137. The van der Waals surface area contributed by atoms with Crippen molar-refractivity contribution in [2.75, 3.05) is 18.8 Å². The van der Waals surface area contributed by atoms with Crippen LogP contribution in [-0.4, -0.2) is 59.9 Å². The molecule has 1 aliphatic rings. The zero-order chi connectivity index (χ0) is 24.8. The number of nitrogens with zero attached hydrogens (tertiary/aromatic N) is 1. The molecule has 0 bridgehead atoms. The summed E-state index contributed by atoms with van der Waals surface area (Å²) in [5.74, 6) is -2.74. The van der Waals surface area contributed by atoms with Crippen LogP contribution in [0.2, 0.25) is 0 Å². The van der Waals surface area contributed by atoms with E-state index in [4.69, 9.17) is 0 Å². The van der Waals surface area contributed by atoms with E-state index in [-0.39, 0.29) is 12.5 Å². The van der Waals surface area contributed by atoms with E-state index in [1.165, 1.54) is 19.4 Å². The number of piperidine rings is 1. The number of carbonyl (C=O) groups is 2. The standard InChI is InChI=1S/C26H34N2O5S/c1-26(2,34(32,33)19-22(17-24(29)30)21-11-7-4-8-12-21)25(31)27-23-13-15-28(16-14-23)18-20-9-5-3-6-10-20/h3-12,22-23H,13-19H2,1-2H3,(H,27,31)(H,29,30). The smallest absolute Gasteiger partial charge is 0.303 e. The highest BCUT2D eigenvalue weighted by molar-refractivity contribution is 7.93. The van der Waals surface area contributed by atoms with E-state index in [0.717, 1.165) is 32.5 Å². The molecule has 2 aromatic rings. The van der Waals surface area contributed by atoms with Gasteiger partial charge >= 0.3 is 5.97 Å². The number of rotatable bonds is 10. The number of hydrogen-bond acceptors (Lipinski definition) is 5. The van der Waals surface area contributed by atoms with Gasteiger partial charge in [-0.1, -0.05) is 60.7 Å². The molecule has 1 amide bonds. The summed E-state index contributed by atoms with van der Waals surface area (Å²) in [7, 11) is -3.94. The fraction of sp³-hybridized carbons (Fsp3) is 0.462. The monoisotopic (exact) mass is 486 g/mol. The number of sulfone groups is 1. The predicted molar refractivity (Wildman–Crippen MR) is 132 cm³/mol. The highest BCUT2D eigenvalue weighted by Gasteiger charge is 2.44. The van der Waals surface area contributed by atoms with Crippen molar-refractivity contribution in [3.8, 4) is 0 Å². The molecular formula is C26H34N2O5S. The summed E-state index contributed by atoms with van der Waals surface area (Å²) in [5, 5.41) is 12.2. The molecule has 0 saturated carbocycles. The molecule has 1 atom stereocenters. The normalized spacial score (nSPS) is 16.6. The van der Waals surface area contributed by atoms with Crippen molar-refractivity contribution in [2.24, 2.45) is 0 Å². The second-order valence-corrected chi connectivity index (χ2v) is 12.1. The molecule has 0 aliphatic carbocycles. The number of benzene rings is 2. The largest absolute Gasteiger partial charge is 0.481 e. The Balaban J connectivity index is 1.60. The lowest BCUT2D eigenvalue weighted by Crippen LogP contribution is -2.54. The summed E-state index contributed by atoms with van der Waals surface area (Å²) < 4.78 is 24.9. The van der Waals surface area contributed by atoms with Gasteiger partial charge in [0.2, 0.25) is 5.91 Å². The third kappa shape index (κ3) is 6.67. The first-order valence-electron chi connectivity index (χ1n) is 11.6. The molecule has 34 heavy (non-hydrogen) atoms. The van der Waals surface area contributed by atoms with E-state index in [9.17, 15) is 23.1 Å². The molecule has 1 aliphatic heterocycles. The van der Waals surface area contributed by atoms with E-state index in [1.807, 2.05) is 18.2 Å². The Morgan fingerprint density at radius 2 is 1.59 bits per heavy atom. The zero-order valence-electron chi connectivity index (χ0n) is 19.8. The minimum Gasteiger partial charge on any atom is -0.481 e. The van der Waals surface area contributed by atoms with E-state index >= 15 is 0 Å². The minimum absolute atomic E-state index is 0.0852. The van der Waals surface area contributed by atoms with Crippen LogP contribution in [0.15, 0.2) is 60.7 Å². The molecule has 8 heteroatoms. The third-order valence-corrected chi connectivity index (χ3v) is 9.19. The number of carboxylic acids is 1. The van der Waals surface area contributed by atoms with Crippen molar-refractivity contribution in [3.05, 3.63) is 71.8 Å². The summed E-state index contributed by atoms with van der Waals surface area (Å²) in [6.07, 6.45) is 1.18. The number of likely N-dealkylation sites (tertiary alicyclic amines) is 1. The van der Waals surface area contributed by atoms with Gasteiger partial charge in [-0.05, 0) is 37.8 Å². The molecular weight excluding hydrogens is 452 g/mol. The van der Waals surface area contributed by atoms with Gasteiger partial charge in [-0.2, -0.15) is 0 Å². The Labute approximate surface area is 202 Å². The summed E-state index contributed by atoms with van der Waals surface area (Å²) in [6, 6.07) is 18.9. The van der Waals surface area contributed by atoms with E-state index in [0.29, 0.717) is 5.56 Å². The van der Waals surface area contributed by atoms with Crippen LogP contribution in [-0.2, 0) is 26.0 Å². The maximum atomic E-state index is 13.3. The quantitative estimate of drug-likeness (QED) is 0.534. The van der Waals surface area contributed by atoms with E-state index in [1.54, 1.807) is 30.3 Å².